The molecule has 1 aromatic heterocycles. The summed E-state index contributed by atoms with van der Waals surface area (Å²) in [6.07, 6.45) is 3.92. The number of nitrogens with zero attached hydrogens (tertiary/aromatic N) is 1. The summed E-state index contributed by atoms with van der Waals surface area (Å²) in [6.45, 7) is 0.169. The van der Waals surface area contributed by atoms with Gasteiger partial charge in [0, 0.05) is 25.2 Å². The third-order valence-electron chi connectivity index (χ3n) is 2.97. The Morgan fingerprint density at radius 3 is 2.81 bits per heavy atom. The lowest BCUT2D eigenvalue weighted by molar-refractivity contribution is -0.121. The Labute approximate surface area is 128 Å². The summed E-state index contributed by atoms with van der Waals surface area (Å²) in [4.78, 5) is 15.1. The van der Waals surface area contributed by atoms with E-state index in [4.69, 9.17) is 17.3 Å². The molecular weight excluding hydrogens is 316 g/mol. The molecule has 1 aromatic rings. The lowest BCUT2D eigenvalue weighted by atomic mass is 10.3. The highest BCUT2D eigenvalue weighted by molar-refractivity contribution is 7.89. The average molecular weight is 333 g/mol. The van der Waals surface area contributed by atoms with Crippen molar-refractivity contribution < 1.29 is 13.2 Å². The van der Waals surface area contributed by atoms with Crippen LogP contribution in [0.25, 0.3) is 0 Å². The molecule has 4 N–H and O–H groups in total. The average Bonchev–Trinajstić information content (AvgIpc) is 3.22. The lowest BCUT2D eigenvalue weighted by Gasteiger charge is -2.07. The van der Waals surface area contributed by atoms with Crippen molar-refractivity contribution in [3.63, 3.8) is 0 Å². The van der Waals surface area contributed by atoms with Crippen molar-refractivity contribution in [2.24, 2.45) is 0 Å². The van der Waals surface area contributed by atoms with Crippen LogP contribution in [-0.4, -0.2) is 31.9 Å². The summed E-state index contributed by atoms with van der Waals surface area (Å²) in [5, 5.41) is 2.92. The number of halogens is 1. The number of sulfonamides is 1. The van der Waals surface area contributed by atoms with Gasteiger partial charge in [0.25, 0.3) is 0 Å². The van der Waals surface area contributed by atoms with Crippen molar-refractivity contribution in [3.05, 3.63) is 17.3 Å². The van der Waals surface area contributed by atoms with Crippen molar-refractivity contribution in [1.82, 2.24) is 15.0 Å². The maximum absolute atomic E-state index is 12.0. The zero-order valence-electron chi connectivity index (χ0n) is 11.3. The molecule has 0 spiro atoms. The second kappa shape index (κ2) is 6.59. The third-order valence-corrected chi connectivity index (χ3v) is 4.70. The summed E-state index contributed by atoms with van der Waals surface area (Å²) in [5.74, 6) is 0.0289. The molecule has 9 heteroatoms. The molecule has 0 saturated heterocycles. The Hall–Kier alpha value is -1.38. The molecule has 0 unspecified atom stereocenters. The molecule has 0 aliphatic heterocycles. The number of hydrogen-bond donors (Lipinski definition) is 3. The first-order chi connectivity index (χ1) is 9.88. The van der Waals surface area contributed by atoms with Crippen LogP contribution in [0, 0.1) is 0 Å². The number of nitrogen functional groups attached to an aromatic ring is 1. The van der Waals surface area contributed by atoms with E-state index in [1.165, 1.54) is 6.07 Å². The second-order valence-electron chi connectivity index (χ2n) is 4.88. The fraction of sp³-hybridized carbons (Fsp3) is 0.500. The summed E-state index contributed by atoms with van der Waals surface area (Å²) in [7, 11) is -3.69. The van der Waals surface area contributed by atoms with Crippen molar-refractivity contribution in [3.8, 4) is 0 Å². The maximum atomic E-state index is 12.0. The number of hydrogen-bond acceptors (Lipinski definition) is 5. The number of nitrogens with one attached hydrogen (secondary N) is 2. The predicted molar refractivity (Wildman–Crippen MR) is 79.2 cm³/mol. The topological polar surface area (TPSA) is 114 Å². The molecule has 116 valence electrons. The molecule has 1 fully saturated rings. The number of pyridine rings is 1. The lowest BCUT2D eigenvalue weighted by Crippen LogP contribution is -2.28. The number of rotatable bonds is 7. The fourth-order valence-corrected chi connectivity index (χ4v) is 2.92. The minimum Gasteiger partial charge on any atom is -0.382 e. The highest BCUT2D eigenvalue weighted by Gasteiger charge is 2.23. The highest BCUT2D eigenvalue weighted by Crippen LogP contribution is 2.20. The van der Waals surface area contributed by atoms with Crippen molar-refractivity contribution in [2.75, 3.05) is 12.3 Å². The predicted octanol–water partition coefficient (Wildman–Crippen LogP) is 0.654. The molecule has 0 bridgehead atoms. The van der Waals surface area contributed by atoms with Gasteiger partial charge in [-0.25, -0.2) is 18.1 Å². The molecule has 1 aliphatic rings. The number of carbonyl (C=O) groups is 1. The number of anilines is 1. The molecule has 21 heavy (non-hydrogen) atoms. The molecule has 0 radical (unpaired) electrons. The van der Waals surface area contributed by atoms with E-state index < -0.39 is 10.0 Å². The van der Waals surface area contributed by atoms with Gasteiger partial charge in [-0.15, -0.1) is 0 Å². The van der Waals surface area contributed by atoms with Crippen LogP contribution in [-0.2, 0) is 14.8 Å². The van der Waals surface area contributed by atoms with Gasteiger partial charge in [-0.3, -0.25) is 4.79 Å². The first-order valence-corrected chi connectivity index (χ1v) is 8.44. The SMILES string of the molecule is Nc1ncc(S(=O)(=O)NCCCC(=O)NC2CC2)cc1Cl. The number of aromatic nitrogens is 1. The van der Waals surface area contributed by atoms with E-state index >= 15 is 0 Å². The Morgan fingerprint density at radius 2 is 2.19 bits per heavy atom. The van der Waals surface area contributed by atoms with Gasteiger partial charge in [0.05, 0.1) is 5.02 Å². The van der Waals surface area contributed by atoms with Gasteiger partial charge in [0.15, 0.2) is 0 Å². The van der Waals surface area contributed by atoms with E-state index in [2.05, 4.69) is 15.0 Å². The number of carbonyl (C=O) groups excluding carboxylic acids is 1. The summed E-state index contributed by atoms with van der Waals surface area (Å²) in [6, 6.07) is 1.56. The van der Waals surface area contributed by atoms with Gasteiger partial charge in [-0.1, -0.05) is 11.6 Å². The van der Waals surface area contributed by atoms with Gasteiger partial charge >= 0.3 is 0 Å². The summed E-state index contributed by atoms with van der Waals surface area (Å²) >= 11 is 5.74. The van der Waals surface area contributed by atoms with Gasteiger partial charge < -0.3 is 11.1 Å². The molecule has 1 heterocycles. The van der Waals surface area contributed by atoms with Crippen LogP contribution in [0.4, 0.5) is 5.82 Å². The van der Waals surface area contributed by atoms with E-state index in [1.54, 1.807) is 0 Å². The largest absolute Gasteiger partial charge is 0.382 e. The first-order valence-electron chi connectivity index (χ1n) is 6.58. The highest BCUT2D eigenvalue weighted by atomic mass is 35.5. The number of amides is 1. The van der Waals surface area contributed by atoms with Crippen LogP contribution in [0.1, 0.15) is 25.7 Å². The van der Waals surface area contributed by atoms with E-state index in [-0.39, 0.29) is 28.2 Å². The molecule has 7 nitrogen and oxygen atoms in total. The maximum Gasteiger partial charge on any atom is 0.242 e. The van der Waals surface area contributed by atoms with Crippen molar-refractivity contribution >= 4 is 33.3 Å². The quantitative estimate of drug-likeness (QED) is 0.634. The molecular formula is C12H17ClN4O3S. The fourth-order valence-electron chi connectivity index (χ4n) is 1.64. The Kier molecular flexibility index (Phi) is 5.02. The molecule has 1 aliphatic carbocycles. The van der Waals surface area contributed by atoms with Crippen LogP contribution in [0.15, 0.2) is 17.2 Å². The van der Waals surface area contributed by atoms with Gasteiger partial charge in [-0.2, -0.15) is 0 Å². The third kappa shape index (κ3) is 4.83. The van der Waals surface area contributed by atoms with Crippen LogP contribution in [0.5, 0.6) is 0 Å². The standard InChI is InChI=1S/C12H17ClN4O3S/c13-10-6-9(7-15-12(10)14)21(19,20)16-5-1-2-11(18)17-8-3-4-8/h6-8,16H,1-5H2,(H2,14,15)(H,17,18). The smallest absolute Gasteiger partial charge is 0.242 e. The van der Waals surface area contributed by atoms with Crippen LogP contribution >= 0.6 is 11.6 Å². The minimum absolute atomic E-state index is 0.0473. The minimum atomic E-state index is -3.69. The first kappa shape index (κ1) is 16.0. The Morgan fingerprint density at radius 1 is 1.48 bits per heavy atom. The summed E-state index contributed by atoms with van der Waals surface area (Å²) < 4.78 is 26.4. The number of nitrogens with two attached hydrogens (primary N) is 1. The summed E-state index contributed by atoms with van der Waals surface area (Å²) in [5.41, 5.74) is 5.43. The van der Waals surface area contributed by atoms with Gasteiger partial charge in [0.1, 0.15) is 10.7 Å². The van der Waals surface area contributed by atoms with Crippen LogP contribution in [0.3, 0.4) is 0 Å². The van der Waals surface area contributed by atoms with E-state index in [0.717, 1.165) is 19.0 Å². The second-order valence-corrected chi connectivity index (χ2v) is 7.06. The van der Waals surface area contributed by atoms with Crippen molar-refractivity contribution in [1.29, 1.82) is 0 Å². The Balaban J connectivity index is 1.80. The van der Waals surface area contributed by atoms with E-state index in [0.29, 0.717) is 18.9 Å². The molecule has 0 aromatic carbocycles. The molecule has 0 atom stereocenters. The molecule has 2 rings (SSSR count). The normalized spacial score (nSPS) is 14.9. The van der Waals surface area contributed by atoms with Gasteiger partial charge in [0.2, 0.25) is 15.9 Å². The molecule has 1 amide bonds. The van der Waals surface area contributed by atoms with Crippen LogP contribution < -0.4 is 15.8 Å². The van der Waals surface area contributed by atoms with Gasteiger partial charge in [-0.05, 0) is 25.3 Å². The van der Waals surface area contributed by atoms with E-state index in [1.807, 2.05) is 0 Å². The monoisotopic (exact) mass is 332 g/mol. The Bertz CT molecular complexity index is 631. The van der Waals surface area contributed by atoms with Crippen LogP contribution in [0.2, 0.25) is 5.02 Å². The molecule has 1 saturated carbocycles. The van der Waals surface area contributed by atoms with E-state index in [9.17, 15) is 13.2 Å². The van der Waals surface area contributed by atoms with Crippen molar-refractivity contribution in [2.45, 2.75) is 36.6 Å². The zero-order chi connectivity index (χ0) is 15.5. The zero-order valence-corrected chi connectivity index (χ0v) is 12.9.